The second kappa shape index (κ2) is 6.81. The predicted molar refractivity (Wildman–Crippen MR) is 102 cm³/mol. The molecule has 1 unspecified atom stereocenters. The average Bonchev–Trinajstić information content (AvgIpc) is 3.19. The molecule has 2 aromatic rings. The molecule has 2 aliphatic heterocycles. The number of aryl methyl sites for hydroxylation is 1. The molecule has 3 heterocycles. The van der Waals surface area contributed by atoms with Crippen molar-refractivity contribution >= 4 is 11.9 Å². The smallest absolute Gasteiger partial charge is 0.322 e. The Labute approximate surface area is 158 Å². The summed E-state index contributed by atoms with van der Waals surface area (Å²) < 4.78 is 1.90. The minimum Gasteiger partial charge on any atom is -0.323 e. The molecule has 2 aliphatic rings. The van der Waals surface area contributed by atoms with Crippen molar-refractivity contribution < 1.29 is 9.59 Å². The van der Waals surface area contributed by atoms with Crippen molar-refractivity contribution in [1.82, 2.24) is 25.3 Å². The highest BCUT2D eigenvalue weighted by Gasteiger charge is 2.48. The first-order chi connectivity index (χ1) is 13.0. The lowest BCUT2D eigenvalue weighted by molar-refractivity contribution is -0.125. The Kier molecular flexibility index (Phi) is 4.47. The number of urea groups is 1. The van der Waals surface area contributed by atoms with E-state index in [0.717, 1.165) is 38.2 Å². The van der Waals surface area contributed by atoms with Gasteiger partial charge in [-0.15, -0.1) is 0 Å². The van der Waals surface area contributed by atoms with Gasteiger partial charge in [0, 0.05) is 25.4 Å². The molecule has 0 aliphatic carbocycles. The molecule has 2 saturated heterocycles. The highest BCUT2D eigenvalue weighted by atomic mass is 16.2. The van der Waals surface area contributed by atoms with Crippen molar-refractivity contribution in [2.24, 2.45) is 13.0 Å². The molecular formula is C20H25N5O2. The molecular weight excluding hydrogens is 342 g/mol. The van der Waals surface area contributed by atoms with E-state index in [9.17, 15) is 9.59 Å². The van der Waals surface area contributed by atoms with Crippen LogP contribution in [0.15, 0.2) is 36.5 Å². The number of nitrogens with zero attached hydrogens (tertiary/aromatic N) is 3. The first-order valence-electron chi connectivity index (χ1n) is 9.39. The van der Waals surface area contributed by atoms with E-state index in [0.29, 0.717) is 0 Å². The van der Waals surface area contributed by atoms with Gasteiger partial charge in [-0.25, -0.2) is 4.79 Å². The first kappa shape index (κ1) is 17.7. The Morgan fingerprint density at radius 3 is 2.56 bits per heavy atom. The molecule has 1 atom stereocenters. The van der Waals surface area contributed by atoms with Crippen LogP contribution in [0.4, 0.5) is 4.79 Å². The van der Waals surface area contributed by atoms with Crippen molar-refractivity contribution in [2.45, 2.75) is 31.8 Å². The molecule has 27 heavy (non-hydrogen) atoms. The van der Waals surface area contributed by atoms with E-state index in [2.05, 4.69) is 44.9 Å². The van der Waals surface area contributed by atoms with Crippen LogP contribution in [0.1, 0.15) is 25.3 Å². The number of hydrogen-bond donors (Lipinski definition) is 2. The Bertz CT molecular complexity index is 869. The Morgan fingerprint density at radius 2 is 1.93 bits per heavy atom. The zero-order chi connectivity index (χ0) is 19.0. The van der Waals surface area contributed by atoms with Gasteiger partial charge < -0.3 is 5.32 Å². The third kappa shape index (κ3) is 3.23. The molecule has 1 aromatic heterocycles. The summed E-state index contributed by atoms with van der Waals surface area (Å²) in [4.78, 5) is 26.1. The normalized spacial score (nSPS) is 24.1. The number of imide groups is 1. The van der Waals surface area contributed by atoms with E-state index < -0.39 is 5.54 Å². The van der Waals surface area contributed by atoms with Crippen LogP contribution in [-0.4, -0.2) is 45.2 Å². The van der Waals surface area contributed by atoms with Gasteiger partial charge in [-0.05, 0) is 50.4 Å². The molecule has 7 heteroatoms. The van der Waals surface area contributed by atoms with E-state index >= 15 is 0 Å². The summed E-state index contributed by atoms with van der Waals surface area (Å²) in [6, 6.07) is 10.1. The lowest BCUT2D eigenvalue weighted by Crippen LogP contribution is -2.53. The Morgan fingerprint density at radius 1 is 1.19 bits per heavy atom. The maximum absolute atomic E-state index is 12.2. The number of amides is 3. The number of nitrogens with one attached hydrogen (secondary N) is 2. The predicted octanol–water partition coefficient (Wildman–Crippen LogP) is 1.90. The molecule has 0 spiro atoms. The average molecular weight is 367 g/mol. The van der Waals surface area contributed by atoms with Crippen molar-refractivity contribution in [1.29, 1.82) is 0 Å². The van der Waals surface area contributed by atoms with Gasteiger partial charge in [-0.1, -0.05) is 24.3 Å². The highest BCUT2D eigenvalue weighted by molar-refractivity contribution is 6.06. The lowest BCUT2D eigenvalue weighted by Gasteiger charge is -2.38. The number of likely N-dealkylation sites (tertiary alicyclic amines) is 1. The summed E-state index contributed by atoms with van der Waals surface area (Å²) in [7, 11) is 1.96. The minimum atomic E-state index is -0.782. The van der Waals surface area contributed by atoms with Gasteiger partial charge in [0.15, 0.2) is 0 Å². The van der Waals surface area contributed by atoms with Crippen LogP contribution in [0.3, 0.4) is 0 Å². The zero-order valence-electron chi connectivity index (χ0n) is 15.7. The molecule has 3 amide bonds. The van der Waals surface area contributed by atoms with Gasteiger partial charge in [-0.2, -0.15) is 5.10 Å². The zero-order valence-corrected chi connectivity index (χ0v) is 15.7. The van der Waals surface area contributed by atoms with Gasteiger partial charge in [-0.3, -0.25) is 19.7 Å². The van der Waals surface area contributed by atoms with Gasteiger partial charge in [0.05, 0.1) is 5.69 Å². The maximum Gasteiger partial charge on any atom is 0.322 e. The van der Waals surface area contributed by atoms with Gasteiger partial charge in [0.25, 0.3) is 5.91 Å². The summed E-state index contributed by atoms with van der Waals surface area (Å²) in [5, 5.41) is 9.48. The minimum absolute atomic E-state index is 0.160. The van der Waals surface area contributed by atoms with Gasteiger partial charge in [0.2, 0.25) is 0 Å². The van der Waals surface area contributed by atoms with Crippen LogP contribution in [0, 0.1) is 5.92 Å². The molecule has 4 rings (SSSR count). The Balaban J connectivity index is 1.44. The number of piperidine rings is 1. The number of aromatic nitrogens is 2. The van der Waals surface area contributed by atoms with Crippen molar-refractivity contribution in [3.63, 3.8) is 0 Å². The molecule has 7 nitrogen and oxygen atoms in total. The summed E-state index contributed by atoms with van der Waals surface area (Å²) in [6.07, 6.45) is 3.59. The fourth-order valence-electron chi connectivity index (χ4n) is 4.30. The van der Waals surface area contributed by atoms with Crippen LogP contribution in [0.5, 0.6) is 0 Å². The molecule has 0 radical (unpaired) electrons. The van der Waals surface area contributed by atoms with Crippen LogP contribution in [0.2, 0.25) is 0 Å². The van der Waals surface area contributed by atoms with Crippen LogP contribution in [0.25, 0.3) is 11.3 Å². The molecule has 2 N–H and O–H groups in total. The van der Waals surface area contributed by atoms with E-state index in [1.165, 1.54) is 11.1 Å². The lowest BCUT2D eigenvalue weighted by atomic mass is 9.79. The quantitative estimate of drug-likeness (QED) is 0.809. The van der Waals surface area contributed by atoms with Crippen LogP contribution < -0.4 is 10.6 Å². The van der Waals surface area contributed by atoms with Crippen molar-refractivity contribution in [3.05, 3.63) is 42.1 Å². The molecule has 2 fully saturated rings. The highest BCUT2D eigenvalue weighted by Crippen LogP contribution is 2.32. The standard InChI is InChI=1S/C20H25N5O2/c1-20(18(26)22-19(27)23-20)15-8-11-25(12-9-15)13-14-5-3-4-6-16(14)17-7-10-21-24(17)2/h3-7,10,15H,8-9,11-13H2,1-2H3,(H2,22,23,26,27). The van der Waals surface area contributed by atoms with E-state index in [1.807, 2.05) is 30.9 Å². The summed E-state index contributed by atoms with van der Waals surface area (Å²) in [6.45, 7) is 4.51. The second-order valence-corrected chi connectivity index (χ2v) is 7.66. The van der Waals surface area contributed by atoms with Crippen LogP contribution >= 0.6 is 0 Å². The summed E-state index contributed by atoms with van der Waals surface area (Å²) in [5.41, 5.74) is 2.81. The van der Waals surface area contributed by atoms with E-state index in [4.69, 9.17) is 0 Å². The summed E-state index contributed by atoms with van der Waals surface area (Å²) >= 11 is 0. The summed E-state index contributed by atoms with van der Waals surface area (Å²) in [5.74, 6) is -0.0416. The number of carbonyl (C=O) groups excluding carboxylic acids is 2. The van der Waals surface area contributed by atoms with E-state index in [-0.39, 0.29) is 17.9 Å². The number of carbonyl (C=O) groups is 2. The van der Waals surface area contributed by atoms with Crippen LogP contribution in [-0.2, 0) is 18.4 Å². The number of hydrogen-bond acceptors (Lipinski definition) is 4. The van der Waals surface area contributed by atoms with E-state index in [1.54, 1.807) is 0 Å². The Hall–Kier alpha value is -2.67. The second-order valence-electron chi connectivity index (χ2n) is 7.66. The van der Waals surface area contributed by atoms with Gasteiger partial charge in [0.1, 0.15) is 5.54 Å². The van der Waals surface area contributed by atoms with Crippen molar-refractivity contribution in [3.8, 4) is 11.3 Å². The molecule has 0 saturated carbocycles. The monoisotopic (exact) mass is 367 g/mol. The third-order valence-corrected chi connectivity index (χ3v) is 5.98. The molecule has 142 valence electrons. The fourth-order valence-corrected chi connectivity index (χ4v) is 4.30. The topological polar surface area (TPSA) is 79.3 Å². The largest absolute Gasteiger partial charge is 0.323 e. The fraction of sp³-hybridized carbons (Fsp3) is 0.450. The maximum atomic E-state index is 12.2. The first-order valence-corrected chi connectivity index (χ1v) is 9.39. The number of rotatable bonds is 4. The number of benzene rings is 1. The SMILES string of the molecule is Cn1nccc1-c1ccccc1CN1CCC(C2(C)NC(=O)NC2=O)CC1. The third-order valence-electron chi connectivity index (χ3n) is 5.98. The van der Waals surface area contributed by atoms with Gasteiger partial charge >= 0.3 is 6.03 Å². The molecule has 1 aromatic carbocycles. The molecule has 0 bridgehead atoms. The van der Waals surface area contributed by atoms with Crippen molar-refractivity contribution in [2.75, 3.05) is 13.1 Å².